The quantitative estimate of drug-likeness (QED) is 0.449. The molecule has 0 bridgehead atoms. The van der Waals surface area contributed by atoms with Crippen LogP contribution in [0.4, 0.5) is 13.2 Å². The number of rotatable bonds is 5. The van der Waals surface area contributed by atoms with Crippen molar-refractivity contribution in [1.29, 1.82) is 0 Å². The van der Waals surface area contributed by atoms with Gasteiger partial charge >= 0.3 is 6.36 Å². The maximum atomic E-state index is 13.0. The Balaban J connectivity index is 1.43. The molecule has 1 saturated heterocycles. The summed E-state index contributed by atoms with van der Waals surface area (Å²) >= 11 is 0. The van der Waals surface area contributed by atoms with Crippen LogP contribution in [0.1, 0.15) is 40.6 Å². The molecule has 0 aliphatic carbocycles. The molecule has 2 aromatic heterocycles. The summed E-state index contributed by atoms with van der Waals surface area (Å²) in [5.41, 5.74) is 0.700. The number of H-pyrrole nitrogens is 1. The van der Waals surface area contributed by atoms with Crippen molar-refractivity contribution in [2.75, 3.05) is 13.1 Å². The maximum Gasteiger partial charge on any atom is 0.573 e. The summed E-state index contributed by atoms with van der Waals surface area (Å²) in [6, 6.07) is 14.5. The fourth-order valence-corrected chi connectivity index (χ4v) is 4.49. The summed E-state index contributed by atoms with van der Waals surface area (Å²) in [7, 11) is 0. The van der Waals surface area contributed by atoms with E-state index in [2.05, 4.69) is 19.8 Å². The molecule has 0 spiro atoms. The van der Waals surface area contributed by atoms with Gasteiger partial charge in [0.05, 0.1) is 12.2 Å². The monoisotopic (exact) mass is 497 g/mol. The first-order valence-electron chi connectivity index (χ1n) is 11.4. The largest absolute Gasteiger partial charge is 0.573 e. The standard InChI is InChI=1S/C25H22F3N5O3/c26-25(27,28)36-20-11-5-4-9-17(20)13-21-30-22-19(23(34)31-21)14-29-33(22)18-10-6-12-32(15-18)24(35)16-7-2-1-3-8-16/h1-5,7-9,11,14,18H,6,10,12-13,15H2,(H,30,31,34). The van der Waals surface area contributed by atoms with Gasteiger partial charge in [-0.15, -0.1) is 13.2 Å². The first-order chi connectivity index (χ1) is 17.3. The van der Waals surface area contributed by atoms with E-state index in [1.54, 1.807) is 27.8 Å². The number of nitrogens with zero attached hydrogens (tertiary/aromatic N) is 4. The topological polar surface area (TPSA) is 93.1 Å². The normalized spacial score (nSPS) is 16.3. The first-order valence-corrected chi connectivity index (χ1v) is 11.4. The number of nitrogens with one attached hydrogen (secondary N) is 1. The molecular formula is C25H22F3N5O3. The number of aromatic nitrogens is 4. The zero-order valence-corrected chi connectivity index (χ0v) is 19.0. The van der Waals surface area contributed by atoms with Gasteiger partial charge < -0.3 is 14.6 Å². The minimum absolute atomic E-state index is 0.0775. The highest BCUT2D eigenvalue weighted by Gasteiger charge is 2.32. The third-order valence-electron chi connectivity index (χ3n) is 6.12. The summed E-state index contributed by atoms with van der Waals surface area (Å²) in [6.07, 6.45) is -2.01. The third-order valence-corrected chi connectivity index (χ3v) is 6.12. The number of ether oxygens (including phenoxy) is 1. The van der Waals surface area contributed by atoms with Crippen molar-refractivity contribution < 1.29 is 22.7 Å². The molecule has 1 unspecified atom stereocenters. The van der Waals surface area contributed by atoms with Gasteiger partial charge in [-0.2, -0.15) is 5.10 Å². The number of alkyl halides is 3. The molecule has 1 aliphatic rings. The van der Waals surface area contributed by atoms with E-state index >= 15 is 0 Å². The Morgan fingerprint density at radius 1 is 1.11 bits per heavy atom. The average Bonchev–Trinajstić information content (AvgIpc) is 3.29. The Bertz CT molecular complexity index is 1450. The molecular weight excluding hydrogens is 475 g/mol. The fourth-order valence-electron chi connectivity index (χ4n) is 4.49. The van der Waals surface area contributed by atoms with Crippen molar-refractivity contribution in [3.8, 4) is 5.75 Å². The number of aromatic amines is 1. The van der Waals surface area contributed by atoms with E-state index in [1.807, 2.05) is 18.2 Å². The van der Waals surface area contributed by atoms with E-state index in [-0.39, 0.29) is 40.9 Å². The highest BCUT2D eigenvalue weighted by molar-refractivity contribution is 5.94. The van der Waals surface area contributed by atoms with E-state index in [9.17, 15) is 22.8 Å². The van der Waals surface area contributed by atoms with Crippen molar-refractivity contribution in [2.45, 2.75) is 31.7 Å². The molecule has 2 aromatic carbocycles. The van der Waals surface area contributed by atoms with E-state index in [0.717, 1.165) is 12.8 Å². The Morgan fingerprint density at radius 2 is 1.86 bits per heavy atom. The Labute approximate surface area is 203 Å². The van der Waals surface area contributed by atoms with Gasteiger partial charge in [-0.1, -0.05) is 36.4 Å². The number of carbonyl (C=O) groups is 1. The van der Waals surface area contributed by atoms with Gasteiger partial charge in [0.25, 0.3) is 11.5 Å². The highest BCUT2D eigenvalue weighted by Crippen LogP contribution is 2.28. The molecule has 1 fully saturated rings. The van der Waals surface area contributed by atoms with Crippen LogP contribution in [0.3, 0.4) is 0 Å². The van der Waals surface area contributed by atoms with Gasteiger partial charge in [0.1, 0.15) is 17.0 Å². The predicted octanol–water partition coefficient (Wildman–Crippen LogP) is 4.09. The minimum atomic E-state index is -4.84. The molecule has 1 N–H and O–H groups in total. The lowest BCUT2D eigenvalue weighted by Crippen LogP contribution is -2.41. The van der Waals surface area contributed by atoms with Crippen LogP contribution in [0, 0.1) is 0 Å². The molecule has 1 atom stereocenters. The van der Waals surface area contributed by atoms with E-state index in [1.165, 1.54) is 24.4 Å². The molecule has 4 aromatic rings. The van der Waals surface area contributed by atoms with Crippen LogP contribution in [-0.4, -0.2) is 50.0 Å². The summed E-state index contributed by atoms with van der Waals surface area (Å²) in [5, 5.41) is 4.65. The molecule has 1 amide bonds. The maximum absolute atomic E-state index is 13.0. The first kappa shape index (κ1) is 23.6. The van der Waals surface area contributed by atoms with Gasteiger partial charge in [-0.25, -0.2) is 9.67 Å². The molecule has 5 rings (SSSR count). The minimum Gasteiger partial charge on any atom is -0.405 e. The van der Waals surface area contributed by atoms with Crippen molar-refractivity contribution in [1.82, 2.24) is 24.6 Å². The van der Waals surface area contributed by atoms with Crippen LogP contribution in [0.5, 0.6) is 5.75 Å². The second kappa shape index (κ2) is 9.48. The lowest BCUT2D eigenvalue weighted by molar-refractivity contribution is -0.274. The van der Waals surface area contributed by atoms with Crippen LogP contribution in [0.25, 0.3) is 11.0 Å². The molecule has 36 heavy (non-hydrogen) atoms. The Hall–Kier alpha value is -4.15. The summed E-state index contributed by atoms with van der Waals surface area (Å²) in [5.74, 6) is -0.256. The molecule has 1 aliphatic heterocycles. The lowest BCUT2D eigenvalue weighted by atomic mass is 10.0. The number of carbonyl (C=O) groups excluding carboxylic acids is 1. The van der Waals surface area contributed by atoms with Crippen molar-refractivity contribution in [3.05, 3.63) is 88.1 Å². The molecule has 11 heteroatoms. The number of amides is 1. The predicted molar refractivity (Wildman–Crippen MR) is 125 cm³/mol. The number of likely N-dealkylation sites (tertiary alicyclic amines) is 1. The van der Waals surface area contributed by atoms with Gasteiger partial charge in [0, 0.05) is 30.6 Å². The lowest BCUT2D eigenvalue weighted by Gasteiger charge is -2.33. The molecule has 0 saturated carbocycles. The Kier molecular flexibility index (Phi) is 6.21. The van der Waals surface area contributed by atoms with Gasteiger partial charge in [-0.3, -0.25) is 9.59 Å². The van der Waals surface area contributed by atoms with Crippen molar-refractivity contribution in [2.24, 2.45) is 0 Å². The number of piperidine rings is 1. The zero-order chi connectivity index (χ0) is 25.3. The average molecular weight is 497 g/mol. The van der Waals surface area contributed by atoms with Crippen LogP contribution in [0.2, 0.25) is 0 Å². The number of benzene rings is 2. The zero-order valence-electron chi connectivity index (χ0n) is 19.0. The van der Waals surface area contributed by atoms with Crippen molar-refractivity contribution in [3.63, 3.8) is 0 Å². The number of hydrogen-bond donors (Lipinski definition) is 1. The van der Waals surface area contributed by atoms with E-state index in [0.29, 0.717) is 24.3 Å². The summed E-state index contributed by atoms with van der Waals surface area (Å²) < 4.78 is 44.2. The number of fused-ring (bicyclic) bond motifs is 1. The summed E-state index contributed by atoms with van der Waals surface area (Å²) in [4.78, 5) is 34.6. The molecule has 0 radical (unpaired) electrons. The third kappa shape index (κ3) is 4.95. The molecule has 8 nitrogen and oxygen atoms in total. The number of halogens is 3. The number of hydrogen-bond acceptors (Lipinski definition) is 5. The van der Waals surface area contributed by atoms with Crippen LogP contribution < -0.4 is 10.3 Å². The Morgan fingerprint density at radius 3 is 2.64 bits per heavy atom. The molecule has 3 heterocycles. The highest BCUT2D eigenvalue weighted by atomic mass is 19.4. The van der Waals surface area contributed by atoms with Gasteiger partial charge in [0.15, 0.2) is 5.65 Å². The van der Waals surface area contributed by atoms with Gasteiger partial charge in [-0.05, 0) is 31.0 Å². The SMILES string of the molecule is O=C(c1ccccc1)N1CCCC(n2ncc3c(=O)[nH]c(Cc4ccccc4OC(F)(F)F)nc32)C1. The smallest absolute Gasteiger partial charge is 0.405 e. The van der Waals surface area contributed by atoms with Crippen LogP contribution in [0.15, 0.2) is 65.6 Å². The van der Waals surface area contributed by atoms with E-state index in [4.69, 9.17) is 0 Å². The van der Waals surface area contributed by atoms with E-state index < -0.39 is 11.9 Å². The fraction of sp³-hybridized carbons (Fsp3) is 0.280. The number of para-hydroxylation sites is 1. The summed E-state index contributed by atoms with van der Waals surface area (Å²) in [6.45, 7) is 1.01. The van der Waals surface area contributed by atoms with Crippen LogP contribution in [-0.2, 0) is 6.42 Å². The van der Waals surface area contributed by atoms with Crippen molar-refractivity contribution >= 4 is 16.9 Å². The second-order valence-corrected chi connectivity index (χ2v) is 8.58. The van der Waals surface area contributed by atoms with Gasteiger partial charge in [0.2, 0.25) is 0 Å². The van der Waals surface area contributed by atoms with Crippen LogP contribution >= 0.6 is 0 Å². The second-order valence-electron chi connectivity index (χ2n) is 8.58. The molecule has 186 valence electrons.